The van der Waals surface area contributed by atoms with Crippen molar-refractivity contribution in [1.82, 2.24) is 0 Å². The molecule has 0 saturated heterocycles. The fourth-order valence-electron chi connectivity index (χ4n) is 0.232. The summed E-state index contributed by atoms with van der Waals surface area (Å²) in [5, 5.41) is 14.0. The largest absolute Gasteiger partial charge is 0.453 e. The van der Waals surface area contributed by atoms with Gasteiger partial charge in [0.15, 0.2) is 0 Å². The summed E-state index contributed by atoms with van der Waals surface area (Å²) in [7, 11) is 2.00. The average Bonchev–Trinajstić information content (AvgIpc) is 2.08. The maximum atomic E-state index is 9.89. The van der Waals surface area contributed by atoms with Gasteiger partial charge in [0.05, 0.1) is 6.61 Å². The number of aliphatic hydroxyl groups is 2. The number of rotatable bonds is 2. The lowest BCUT2D eigenvalue weighted by molar-refractivity contribution is 0.159. The first-order chi connectivity index (χ1) is 5.63. The third kappa shape index (κ3) is 50.0. The molecule has 13 heavy (non-hydrogen) atoms. The van der Waals surface area contributed by atoms with Gasteiger partial charge in [-0.3, -0.25) is 0 Å². The second kappa shape index (κ2) is 22.6. The van der Waals surface area contributed by atoms with Crippen LogP contribution in [0.5, 0.6) is 0 Å². The molecule has 0 aliphatic carbocycles. The van der Waals surface area contributed by atoms with E-state index in [1.807, 2.05) is 13.8 Å². The highest BCUT2D eigenvalue weighted by molar-refractivity contribution is 6.61. The number of aliphatic hydroxyl groups excluding tert-OH is 2. The zero-order valence-corrected chi connectivity index (χ0v) is 8.63. The molecule has 0 aliphatic heterocycles. The first-order valence-corrected chi connectivity index (χ1v) is 3.72. The van der Waals surface area contributed by atoms with Gasteiger partial charge in [-0.25, -0.2) is 4.79 Å². The SMILES string of the molecule is C.CC(C)COC(=O)Cl.CO.CO. The van der Waals surface area contributed by atoms with Crippen LogP contribution in [0.25, 0.3) is 0 Å². The number of hydrogen-bond acceptors (Lipinski definition) is 4. The predicted molar refractivity (Wildman–Crippen MR) is 55.1 cm³/mol. The highest BCUT2D eigenvalue weighted by Gasteiger charge is 1.96. The predicted octanol–water partition coefficient (Wildman–Crippen LogP) is 1.87. The Labute approximate surface area is 85.5 Å². The van der Waals surface area contributed by atoms with Gasteiger partial charge in [0.25, 0.3) is 0 Å². The summed E-state index contributed by atoms with van der Waals surface area (Å²) in [6, 6.07) is 0. The van der Waals surface area contributed by atoms with Crippen LogP contribution in [0.1, 0.15) is 21.3 Å². The Balaban J connectivity index is -0.0000000712. The molecule has 0 spiro atoms. The van der Waals surface area contributed by atoms with Crippen LogP contribution in [0, 0.1) is 5.92 Å². The molecule has 0 fully saturated rings. The summed E-state index contributed by atoms with van der Waals surface area (Å²) < 4.78 is 4.43. The van der Waals surface area contributed by atoms with E-state index in [9.17, 15) is 4.79 Å². The maximum absolute atomic E-state index is 9.89. The summed E-state index contributed by atoms with van der Waals surface area (Å²) in [5.41, 5.74) is -0.723. The van der Waals surface area contributed by atoms with E-state index in [2.05, 4.69) is 4.74 Å². The van der Waals surface area contributed by atoms with E-state index in [1.165, 1.54) is 0 Å². The van der Waals surface area contributed by atoms with Crippen molar-refractivity contribution in [2.45, 2.75) is 21.3 Å². The van der Waals surface area contributed by atoms with Crippen LogP contribution in [0.15, 0.2) is 0 Å². The van der Waals surface area contributed by atoms with Crippen molar-refractivity contribution in [3.63, 3.8) is 0 Å². The van der Waals surface area contributed by atoms with Crippen molar-refractivity contribution in [3.8, 4) is 0 Å². The number of halogens is 1. The van der Waals surface area contributed by atoms with Crippen LogP contribution in [-0.2, 0) is 4.74 Å². The van der Waals surface area contributed by atoms with Gasteiger partial charge in [0, 0.05) is 25.8 Å². The van der Waals surface area contributed by atoms with Crippen molar-refractivity contribution >= 4 is 17.0 Å². The summed E-state index contributed by atoms with van der Waals surface area (Å²) >= 11 is 4.86. The van der Waals surface area contributed by atoms with Gasteiger partial charge in [-0.05, 0) is 5.92 Å². The zero-order valence-electron chi connectivity index (χ0n) is 7.87. The van der Waals surface area contributed by atoms with E-state index in [1.54, 1.807) is 0 Å². The van der Waals surface area contributed by atoms with Crippen molar-refractivity contribution in [3.05, 3.63) is 0 Å². The molecular formula is C8H21ClO4. The molecule has 0 amide bonds. The average molecular weight is 217 g/mol. The minimum Gasteiger partial charge on any atom is -0.453 e. The van der Waals surface area contributed by atoms with Crippen LogP contribution in [0.2, 0.25) is 0 Å². The van der Waals surface area contributed by atoms with Crippen LogP contribution < -0.4 is 0 Å². The Morgan fingerprint density at radius 1 is 1.31 bits per heavy atom. The third-order valence-electron chi connectivity index (χ3n) is 0.530. The maximum Gasteiger partial charge on any atom is 0.403 e. The quantitative estimate of drug-likeness (QED) is 0.692. The molecule has 0 heterocycles. The normalized spacial score (nSPS) is 6.77. The first kappa shape index (κ1) is 23.0. The minimum absolute atomic E-state index is 0. The van der Waals surface area contributed by atoms with Gasteiger partial charge >= 0.3 is 5.43 Å². The Kier molecular flexibility index (Phi) is 39.9. The van der Waals surface area contributed by atoms with Crippen LogP contribution in [-0.4, -0.2) is 36.5 Å². The molecule has 0 radical (unpaired) electrons. The van der Waals surface area contributed by atoms with E-state index in [-0.39, 0.29) is 7.43 Å². The third-order valence-corrected chi connectivity index (χ3v) is 0.639. The second-order valence-electron chi connectivity index (χ2n) is 1.94. The number of hydrogen-bond donors (Lipinski definition) is 2. The lowest BCUT2D eigenvalue weighted by Gasteiger charge is -2.00. The molecule has 0 atom stereocenters. The molecule has 5 heteroatoms. The Morgan fingerprint density at radius 2 is 1.62 bits per heavy atom. The molecule has 0 bridgehead atoms. The number of ether oxygens (including phenoxy) is 1. The lowest BCUT2D eigenvalue weighted by Crippen LogP contribution is -2.02. The molecule has 4 nitrogen and oxygen atoms in total. The molecule has 0 aromatic carbocycles. The number of carbonyl (C=O) groups is 1. The van der Waals surface area contributed by atoms with Crippen molar-refractivity contribution in [2.24, 2.45) is 5.92 Å². The zero-order chi connectivity index (χ0) is 10.6. The van der Waals surface area contributed by atoms with Gasteiger partial charge < -0.3 is 14.9 Å². The molecule has 0 aromatic rings. The molecule has 0 aromatic heterocycles. The Bertz CT molecular complexity index is 86.2. The number of carbonyl (C=O) groups excluding carboxylic acids is 1. The van der Waals surface area contributed by atoms with Gasteiger partial charge in [-0.15, -0.1) is 0 Å². The Hall–Kier alpha value is -0.320. The van der Waals surface area contributed by atoms with Crippen molar-refractivity contribution < 1.29 is 19.7 Å². The first-order valence-electron chi connectivity index (χ1n) is 3.34. The fourth-order valence-corrected chi connectivity index (χ4v) is 0.295. The second-order valence-corrected chi connectivity index (χ2v) is 2.25. The summed E-state index contributed by atoms with van der Waals surface area (Å²) in [4.78, 5) is 9.89. The summed E-state index contributed by atoms with van der Waals surface area (Å²) in [6.07, 6.45) is 0. The van der Waals surface area contributed by atoms with Crippen LogP contribution in [0.4, 0.5) is 4.79 Å². The highest BCUT2D eigenvalue weighted by atomic mass is 35.5. The van der Waals surface area contributed by atoms with E-state index in [0.717, 1.165) is 14.2 Å². The smallest absolute Gasteiger partial charge is 0.403 e. The molecule has 2 N–H and O–H groups in total. The monoisotopic (exact) mass is 216 g/mol. The topological polar surface area (TPSA) is 66.8 Å². The minimum atomic E-state index is -0.723. The fraction of sp³-hybridized carbons (Fsp3) is 0.875. The molecular weight excluding hydrogens is 196 g/mol. The Morgan fingerprint density at radius 3 is 1.69 bits per heavy atom. The van der Waals surface area contributed by atoms with E-state index < -0.39 is 5.43 Å². The van der Waals surface area contributed by atoms with Crippen LogP contribution in [0.3, 0.4) is 0 Å². The highest BCUT2D eigenvalue weighted by Crippen LogP contribution is 1.94. The van der Waals surface area contributed by atoms with E-state index in [4.69, 9.17) is 21.8 Å². The standard InChI is InChI=1S/C5H9ClO2.2CH4O.CH4/c1-4(2)3-8-5(6)7;2*1-2;/h4H,3H2,1-2H3;2*2H,1H3;1H4. The van der Waals surface area contributed by atoms with Crippen LogP contribution >= 0.6 is 11.6 Å². The summed E-state index contributed by atoms with van der Waals surface area (Å²) in [6.45, 7) is 4.29. The van der Waals surface area contributed by atoms with Gasteiger partial charge in [0.2, 0.25) is 0 Å². The lowest BCUT2D eigenvalue weighted by atomic mass is 10.2. The van der Waals surface area contributed by atoms with Crippen molar-refractivity contribution in [1.29, 1.82) is 0 Å². The molecule has 0 aliphatic rings. The molecule has 0 saturated carbocycles. The molecule has 0 rings (SSSR count). The van der Waals surface area contributed by atoms with E-state index >= 15 is 0 Å². The summed E-state index contributed by atoms with van der Waals surface area (Å²) in [5.74, 6) is 0.359. The molecule has 0 unspecified atom stereocenters. The molecule has 84 valence electrons. The van der Waals surface area contributed by atoms with E-state index in [0.29, 0.717) is 12.5 Å². The van der Waals surface area contributed by atoms with Crippen molar-refractivity contribution in [2.75, 3.05) is 20.8 Å². The van der Waals surface area contributed by atoms with Gasteiger partial charge in [-0.2, -0.15) is 0 Å². The van der Waals surface area contributed by atoms with Gasteiger partial charge in [-0.1, -0.05) is 21.3 Å². The van der Waals surface area contributed by atoms with Gasteiger partial charge in [0.1, 0.15) is 0 Å².